The largest absolute Gasteiger partial charge is 0.480 e. The molecule has 0 rings (SSSR count). The number of carboxylic acid groups (broad SMARTS) is 1. The number of aliphatic carboxylic acids is 1. The van der Waals surface area contributed by atoms with Crippen LogP contribution in [0.15, 0.2) is 0 Å². The van der Waals surface area contributed by atoms with Crippen molar-refractivity contribution in [2.75, 3.05) is 12.4 Å². The topological polar surface area (TPSA) is 234 Å². The summed E-state index contributed by atoms with van der Waals surface area (Å²) in [6.45, 7) is 0.328. The fraction of sp³-hybridized carbons (Fsp3) is 0.667. The predicted molar refractivity (Wildman–Crippen MR) is 102 cm³/mol. The number of rotatable bonds is 13. The monoisotopic (exact) mass is 437 g/mol. The fourth-order valence-electron chi connectivity index (χ4n) is 2.02. The van der Waals surface area contributed by atoms with Crippen molar-refractivity contribution in [3.8, 4) is 0 Å². The first-order chi connectivity index (χ1) is 13.4. The highest BCUT2D eigenvalue weighted by Crippen LogP contribution is 2.02. The molecular formula is C15H27N5O8S. The number of primary amides is 1. The number of nitrogens with two attached hydrogens (primary N) is 2. The smallest absolute Gasteiger partial charge is 0.326 e. The number of aliphatic hydroxyl groups is 2. The van der Waals surface area contributed by atoms with Gasteiger partial charge in [0, 0.05) is 12.2 Å². The second-order valence-corrected chi connectivity index (χ2v) is 6.53. The van der Waals surface area contributed by atoms with Crippen LogP contribution < -0.4 is 27.4 Å². The Morgan fingerprint density at radius 2 is 1.55 bits per heavy atom. The Kier molecular flexibility index (Phi) is 11.8. The van der Waals surface area contributed by atoms with Gasteiger partial charge in [-0.25, -0.2) is 4.79 Å². The van der Waals surface area contributed by atoms with E-state index in [2.05, 4.69) is 28.6 Å². The summed E-state index contributed by atoms with van der Waals surface area (Å²) in [5.41, 5.74) is 10.4. The summed E-state index contributed by atoms with van der Waals surface area (Å²) in [4.78, 5) is 58.4. The van der Waals surface area contributed by atoms with E-state index in [4.69, 9.17) is 16.6 Å². The number of thiol groups is 1. The van der Waals surface area contributed by atoms with E-state index >= 15 is 0 Å². The lowest BCUT2D eigenvalue weighted by Crippen LogP contribution is -2.60. The van der Waals surface area contributed by atoms with Gasteiger partial charge in [0.25, 0.3) is 0 Å². The molecule has 0 saturated heterocycles. The summed E-state index contributed by atoms with van der Waals surface area (Å²) >= 11 is 3.83. The summed E-state index contributed by atoms with van der Waals surface area (Å²) in [6, 6.07) is -5.62. The lowest BCUT2D eigenvalue weighted by molar-refractivity contribution is -0.143. The van der Waals surface area contributed by atoms with Gasteiger partial charge in [0.1, 0.15) is 18.1 Å². The van der Waals surface area contributed by atoms with Gasteiger partial charge < -0.3 is 42.7 Å². The van der Waals surface area contributed by atoms with Crippen molar-refractivity contribution in [2.24, 2.45) is 11.5 Å². The molecule has 0 aromatic heterocycles. The molecule has 0 saturated carbocycles. The minimum atomic E-state index is -1.61. The minimum Gasteiger partial charge on any atom is -0.480 e. The van der Waals surface area contributed by atoms with Crippen molar-refractivity contribution in [2.45, 2.75) is 50.0 Å². The van der Waals surface area contributed by atoms with Crippen molar-refractivity contribution in [3.63, 3.8) is 0 Å². The highest BCUT2D eigenvalue weighted by Gasteiger charge is 2.32. The maximum absolute atomic E-state index is 12.3. The van der Waals surface area contributed by atoms with E-state index < -0.39 is 66.5 Å². The molecule has 0 bridgehead atoms. The number of carbonyl (C=O) groups is 5. The molecular weight excluding hydrogens is 410 g/mol. The normalized spacial score (nSPS) is 15.9. The van der Waals surface area contributed by atoms with Crippen LogP contribution in [0.3, 0.4) is 0 Å². The van der Waals surface area contributed by atoms with Crippen LogP contribution in [0.1, 0.15) is 19.8 Å². The second-order valence-electron chi connectivity index (χ2n) is 6.16. The van der Waals surface area contributed by atoms with E-state index in [0.717, 1.165) is 6.92 Å². The number of hydrogen-bond acceptors (Lipinski definition) is 9. The highest BCUT2D eigenvalue weighted by atomic mass is 32.1. The molecule has 0 aliphatic heterocycles. The quantitative estimate of drug-likeness (QED) is 0.126. The van der Waals surface area contributed by atoms with Gasteiger partial charge in [-0.05, 0) is 13.3 Å². The molecule has 13 nitrogen and oxygen atoms in total. The zero-order chi connectivity index (χ0) is 22.7. The molecule has 29 heavy (non-hydrogen) atoms. The summed E-state index contributed by atoms with van der Waals surface area (Å²) in [7, 11) is 0. The molecule has 0 radical (unpaired) electrons. The molecule has 0 aromatic carbocycles. The van der Waals surface area contributed by atoms with Crippen LogP contribution in [0.5, 0.6) is 0 Å². The van der Waals surface area contributed by atoms with E-state index in [9.17, 15) is 34.2 Å². The molecule has 0 fully saturated rings. The van der Waals surface area contributed by atoms with Gasteiger partial charge in [-0.1, -0.05) is 0 Å². The van der Waals surface area contributed by atoms with Crippen LogP contribution >= 0.6 is 12.6 Å². The second kappa shape index (κ2) is 12.9. The standard InChI is InChI=1S/C15H27N5O8S/c1-6(22)11(14(26)18-8(15(27)28)2-3-10(17)23)20-13(25)9(4-21)19-12(24)7(16)5-29/h6-9,11,21-22,29H,2-5,16H2,1H3,(H2,17,23)(H,18,26)(H,19,24)(H,20,25)(H,27,28). The lowest BCUT2D eigenvalue weighted by Gasteiger charge is -2.25. The first-order valence-corrected chi connectivity index (χ1v) is 9.15. The molecule has 0 aliphatic carbocycles. The predicted octanol–water partition coefficient (Wildman–Crippen LogP) is -4.58. The number of carbonyl (C=O) groups excluding carboxylic acids is 4. The first kappa shape index (κ1) is 26.6. The summed E-state index contributed by atoms with van der Waals surface area (Å²) in [5, 5.41) is 34.6. The molecule has 0 spiro atoms. The van der Waals surface area contributed by atoms with E-state index in [1.165, 1.54) is 0 Å². The average molecular weight is 437 g/mol. The Balaban J connectivity index is 5.16. The van der Waals surface area contributed by atoms with Crippen molar-refractivity contribution < 1.29 is 39.3 Å². The van der Waals surface area contributed by atoms with Crippen LogP contribution in [0.25, 0.3) is 0 Å². The van der Waals surface area contributed by atoms with Crippen LogP contribution in [0, 0.1) is 0 Å². The Morgan fingerprint density at radius 3 is 1.97 bits per heavy atom. The highest BCUT2D eigenvalue weighted by molar-refractivity contribution is 7.80. The van der Waals surface area contributed by atoms with Crippen molar-refractivity contribution in [1.82, 2.24) is 16.0 Å². The maximum Gasteiger partial charge on any atom is 0.326 e. The first-order valence-electron chi connectivity index (χ1n) is 8.52. The summed E-state index contributed by atoms with van der Waals surface area (Å²) in [5.74, 6) is -5.09. The molecule has 4 amide bonds. The Morgan fingerprint density at radius 1 is 1.00 bits per heavy atom. The van der Waals surface area contributed by atoms with Crippen LogP contribution in [0.4, 0.5) is 0 Å². The number of carboxylic acids is 1. The Labute approximate surface area is 172 Å². The van der Waals surface area contributed by atoms with Crippen molar-refractivity contribution >= 4 is 42.2 Å². The van der Waals surface area contributed by atoms with Gasteiger partial charge >= 0.3 is 5.97 Å². The van der Waals surface area contributed by atoms with Crippen LogP contribution in [-0.2, 0) is 24.0 Å². The zero-order valence-corrected chi connectivity index (χ0v) is 16.6. The van der Waals surface area contributed by atoms with E-state index in [-0.39, 0.29) is 18.6 Å². The number of nitrogens with one attached hydrogen (secondary N) is 3. The van der Waals surface area contributed by atoms with Gasteiger partial charge in [0.05, 0.1) is 18.8 Å². The lowest BCUT2D eigenvalue weighted by atomic mass is 10.1. The summed E-state index contributed by atoms with van der Waals surface area (Å²) < 4.78 is 0. The van der Waals surface area contributed by atoms with E-state index in [0.29, 0.717) is 0 Å². The van der Waals surface area contributed by atoms with E-state index in [1.807, 2.05) is 0 Å². The van der Waals surface area contributed by atoms with Gasteiger partial charge in [-0.15, -0.1) is 0 Å². The molecule has 0 aromatic rings. The van der Waals surface area contributed by atoms with Gasteiger partial charge in [-0.2, -0.15) is 12.6 Å². The number of hydrogen-bond donors (Lipinski definition) is 9. The Bertz CT molecular complexity index is 618. The molecule has 14 heteroatoms. The number of amides is 4. The molecule has 0 aliphatic rings. The molecule has 5 atom stereocenters. The Hall–Kier alpha value is -2.42. The third kappa shape index (κ3) is 9.56. The molecule has 0 heterocycles. The summed E-state index contributed by atoms with van der Waals surface area (Å²) in [6.07, 6.45) is -2.07. The zero-order valence-electron chi connectivity index (χ0n) is 15.7. The molecule has 166 valence electrons. The third-order valence-corrected chi connectivity index (χ3v) is 4.10. The maximum atomic E-state index is 12.3. The number of aliphatic hydroxyl groups excluding tert-OH is 2. The van der Waals surface area contributed by atoms with Gasteiger partial charge in [-0.3, -0.25) is 19.2 Å². The average Bonchev–Trinajstić information content (AvgIpc) is 2.65. The van der Waals surface area contributed by atoms with Crippen molar-refractivity contribution in [1.29, 1.82) is 0 Å². The van der Waals surface area contributed by atoms with Crippen LogP contribution in [0.2, 0.25) is 0 Å². The van der Waals surface area contributed by atoms with Gasteiger partial charge in [0.15, 0.2) is 0 Å². The van der Waals surface area contributed by atoms with Crippen LogP contribution in [-0.4, -0.2) is 87.5 Å². The minimum absolute atomic E-state index is 0.0216. The molecule has 5 unspecified atom stereocenters. The third-order valence-electron chi connectivity index (χ3n) is 3.71. The van der Waals surface area contributed by atoms with Gasteiger partial charge in [0.2, 0.25) is 23.6 Å². The fourth-order valence-corrected chi connectivity index (χ4v) is 2.19. The van der Waals surface area contributed by atoms with E-state index in [1.54, 1.807) is 0 Å². The molecule has 10 N–H and O–H groups in total. The van der Waals surface area contributed by atoms with Crippen molar-refractivity contribution in [3.05, 3.63) is 0 Å². The SMILES string of the molecule is CC(O)C(NC(=O)C(CO)NC(=O)C(N)CS)C(=O)NC(CCC(N)=O)C(=O)O.